The van der Waals surface area contributed by atoms with Gasteiger partial charge in [-0.05, 0) is 61.4 Å². The molecule has 40 heavy (non-hydrogen) atoms. The normalized spacial score (nSPS) is 14.1. The van der Waals surface area contributed by atoms with E-state index in [0.29, 0.717) is 5.69 Å². The summed E-state index contributed by atoms with van der Waals surface area (Å²) in [7, 11) is 0. The maximum Gasteiger partial charge on any atom is 0.227 e. The van der Waals surface area contributed by atoms with E-state index >= 15 is 0 Å². The maximum absolute atomic E-state index is 13.5. The molecule has 0 atom stereocenters. The highest BCUT2D eigenvalue weighted by molar-refractivity contribution is 6.00. The number of hydrogen-bond acceptors (Lipinski definition) is 5. The van der Waals surface area contributed by atoms with Crippen molar-refractivity contribution in [2.75, 3.05) is 5.32 Å². The Bertz CT molecular complexity index is 1850. The number of nitrogens with zero attached hydrogens (tertiary/aromatic N) is 4. The molecule has 0 aliphatic heterocycles. The molecule has 1 amide bonds. The zero-order valence-electron chi connectivity index (χ0n) is 21.6. The van der Waals surface area contributed by atoms with Crippen molar-refractivity contribution in [1.82, 2.24) is 30.1 Å². The van der Waals surface area contributed by atoms with Crippen molar-refractivity contribution >= 4 is 33.4 Å². The van der Waals surface area contributed by atoms with Gasteiger partial charge >= 0.3 is 0 Å². The fourth-order valence-electron chi connectivity index (χ4n) is 5.56. The number of pyridine rings is 3. The van der Waals surface area contributed by atoms with Crippen LogP contribution in [0, 0.1) is 11.7 Å². The molecule has 1 aliphatic rings. The van der Waals surface area contributed by atoms with Crippen LogP contribution in [0.5, 0.6) is 0 Å². The number of H-pyrrole nitrogens is 2. The van der Waals surface area contributed by atoms with Gasteiger partial charge in [-0.15, -0.1) is 0 Å². The monoisotopic (exact) mass is 531 g/mol. The Morgan fingerprint density at radius 3 is 2.52 bits per heavy atom. The lowest BCUT2D eigenvalue weighted by atomic mass is 9.88. The molecule has 9 heteroatoms. The quantitative estimate of drug-likeness (QED) is 0.224. The fraction of sp³-hybridized carbons (Fsp3) is 0.194. The van der Waals surface area contributed by atoms with Gasteiger partial charge in [0.05, 0.1) is 40.7 Å². The Kier molecular flexibility index (Phi) is 6.03. The van der Waals surface area contributed by atoms with Gasteiger partial charge in [-0.1, -0.05) is 19.3 Å². The van der Waals surface area contributed by atoms with Crippen LogP contribution in [0.2, 0.25) is 0 Å². The number of carbonyl (C=O) groups is 1. The number of aromatic nitrogens is 6. The molecule has 0 bridgehead atoms. The molecule has 6 aromatic rings. The summed E-state index contributed by atoms with van der Waals surface area (Å²) in [5, 5.41) is 12.5. The largest absolute Gasteiger partial charge is 0.353 e. The number of amides is 1. The minimum Gasteiger partial charge on any atom is -0.353 e. The van der Waals surface area contributed by atoms with E-state index in [0.717, 1.165) is 81.4 Å². The van der Waals surface area contributed by atoms with E-state index in [9.17, 15) is 9.18 Å². The second-order valence-corrected chi connectivity index (χ2v) is 10.3. The van der Waals surface area contributed by atoms with Gasteiger partial charge in [-0.25, -0.2) is 4.39 Å². The SMILES string of the molecule is O=C(Nc1cncc(-c2cc3c(-c4cc5c(-c6ccc(F)cc6)nccc5[nH]4)n[nH]c3cn2)c1)C1CCCCC1. The van der Waals surface area contributed by atoms with E-state index in [2.05, 4.69) is 35.5 Å². The average molecular weight is 532 g/mol. The predicted octanol–water partition coefficient (Wildman–Crippen LogP) is 6.89. The van der Waals surface area contributed by atoms with Crippen LogP contribution in [-0.4, -0.2) is 36.0 Å². The number of benzene rings is 1. The van der Waals surface area contributed by atoms with Crippen LogP contribution in [0.3, 0.4) is 0 Å². The molecule has 198 valence electrons. The summed E-state index contributed by atoms with van der Waals surface area (Å²) in [5.41, 5.74) is 7.05. The highest BCUT2D eigenvalue weighted by atomic mass is 19.1. The first-order valence-electron chi connectivity index (χ1n) is 13.5. The van der Waals surface area contributed by atoms with E-state index in [4.69, 9.17) is 0 Å². The summed E-state index contributed by atoms with van der Waals surface area (Å²) in [6.07, 6.45) is 12.2. The molecule has 0 radical (unpaired) electrons. The number of hydrogen-bond donors (Lipinski definition) is 3. The second kappa shape index (κ2) is 10.00. The third-order valence-electron chi connectivity index (χ3n) is 7.65. The number of anilines is 1. The lowest BCUT2D eigenvalue weighted by Crippen LogP contribution is -2.24. The maximum atomic E-state index is 13.5. The zero-order valence-corrected chi connectivity index (χ0v) is 21.6. The molecule has 3 N–H and O–H groups in total. The minimum atomic E-state index is -0.287. The van der Waals surface area contributed by atoms with Gasteiger partial charge in [0, 0.05) is 45.7 Å². The lowest BCUT2D eigenvalue weighted by Gasteiger charge is -2.20. The summed E-state index contributed by atoms with van der Waals surface area (Å²) in [4.78, 5) is 29.8. The Balaban J connectivity index is 1.22. The first-order valence-corrected chi connectivity index (χ1v) is 13.5. The smallest absolute Gasteiger partial charge is 0.227 e. The van der Waals surface area contributed by atoms with Crippen LogP contribution < -0.4 is 5.32 Å². The van der Waals surface area contributed by atoms with E-state index in [-0.39, 0.29) is 17.6 Å². The predicted molar refractivity (Wildman–Crippen MR) is 153 cm³/mol. The molecule has 5 aromatic heterocycles. The standard InChI is InChI=1S/C31H26FN7O/c32-21-8-6-18(7-9-21)29-23-14-27(37-25(23)10-11-34-29)30-24-13-26(35-17-28(24)38-39-30)20-12-22(16-33-15-20)36-31(40)19-4-2-1-3-5-19/h6-17,19,37H,1-5H2,(H,36,40)(H,38,39). The number of rotatable bonds is 5. The molecule has 1 saturated carbocycles. The molecule has 5 heterocycles. The molecular weight excluding hydrogens is 505 g/mol. The van der Waals surface area contributed by atoms with Gasteiger partial charge < -0.3 is 10.3 Å². The number of carbonyl (C=O) groups excluding carboxylic acids is 1. The highest BCUT2D eigenvalue weighted by Crippen LogP contribution is 2.34. The number of halogens is 1. The molecule has 1 aliphatic carbocycles. The van der Waals surface area contributed by atoms with E-state index < -0.39 is 0 Å². The second-order valence-electron chi connectivity index (χ2n) is 10.3. The molecule has 7 rings (SSSR count). The molecule has 0 unspecified atom stereocenters. The van der Waals surface area contributed by atoms with Gasteiger partial charge in [-0.2, -0.15) is 5.10 Å². The molecule has 0 saturated heterocycles. The summed E-state index contributed by atoms with van der Waals surface area (Å²) in [5.74, 6) is -0.159. The van der Waals surface area contributed by atoms with Gasteiger partial charge in [0.1, 0.15) is 11.5 Å². The Morgan fingerprint density at radius 2 is 1.68 bits per heavy atom. The number of nitrogens with one attached hydrogen (secondary N) is 3. The van der Waals surface area contributed by atoms with Crippen LogP contribution in [0.25, 0.3) is 55.7 Å². The van der Waals surface area contributed by atoms with Crippen LogP contribution in [-0.2, 0) is 4.79 Å². The van der Waals surface area contributed by atoms with Crippen LogP contribution in [0.1, 0.15) is 32.1 Å². The summed E-state index contributed by atoms with van der Waals surface area (Å²) in [6.45, 7) is 0. The van der Waals surface area contributed by atoms with Crippen molar-refractivity contribution in [2.45, 2.75) is 32.1 Å². The minimum absolute atomic E-state index is 0.0625. The molecule has 1 aromatic carbocycles. The Labute approximate surface area is 229 Å². The van der Waals surface area contributed by atoms with Gasteiger partial charge in [0.15, 0.2) is 0 Å². The molecule has 1 fully saturated rings. The van der Waals surface area contributed by atoms with Crippen LogP contribution in [0.15, 0.2) is 73.3 Å². The highest BCUT2D eigenvalue weighted by Gasteiger charge is 2.21. The van der Waals surface area contributed by atoms with E-state index in [1.807, 2.05) is 24.3 Å². The van der Waals surface area contributed by atoms with Crippen molar-refractivity contribution < 1.29 is 9.18 Å². The van der Waals surface area contributed by atoms with Crippen molar-refractivity contribution in [2.24, 2.45) is 5.92 Å². The van der Waals surface area contributed by atoms with Crippen molar-refractivity contribution in [3.05, 3.63) is 79.1 Å². The third kappa shape index (κ3) is 4.49. The topological polar surface area (TPSA) is 112 Å². The Hall–Kier alpha value is -4.92. The summed E-state index contributed by atoms with van der Waals surface area (Å²) in [6, 6.07) is 14.1. The average Bonchev–Trinajstić information content (AvgIpc) is 3.62. The molecule has 0 spiro atoms. The van der Waals surface area contributed by atoms with Gasteiger partial charge in [0.25, 0.3) is 0 Å². The van der Waals surface area contributed by atoms with E-state index in [1.54, 1.807) is 36.9 Å². The fourth-order valence-corrected chi connectivity index (χ4v) is 5.56. The van der Waals surface area contributed by atoms with Crippen LogP contribution >= 0.6 is 0 Å². The first-order chi connectivity index (χ1) is 19.6. The van der Waals surface area contributed by atoms with Crippen molar-refractivity contribution in [3.8, 4) is 33.9 Å². The lowest BCUT2D eigenvalue weighted by molar-refractivity contribution is -0.120. The number of fused-ring (bicyclic) bond motifs is 2. The zero-order chi connectivity index (χ0) is 27.1. The van der Waals surface area contributed by atoms with Crippen LogP contribution in [0.4, 0.5) is 10.1 Å². The van der Waals surface area contributed by atoms with Gasteiger partial charge in [0.2, 0.25) is 5.91 Å². The van der Waals surface area contributed by atoms with Crippen molar-refractivity contribution in [1.29, 1.82) is 0 Å². The first kappa shape index (κ1) is 24.1. The molecular formula is C31H26FN7O. The number of aromatic amines is 2. The van der Waals surface area contributed by atoms with E-state index in [1.165, 1.54) is 18.6 Å². The third-order valence-corrected chi connectivity index (χ3v) is 7.65. The summed E-state index contributed by atoms with van der Waals surface area (Å²) < 4.78 is 13.5. The molecule has 8 nitrogen and oxygen atoms in total. The van der Waals surface area contributed by atoms with Gasteiger partial charge in [-0.3, -0.25) is 24.8 Å². The summed E-state index contributed by atoms with van der Waals surface area (Å²) >= 11 is 0. The Morgan fingerprint density at radius 1 is 0.850 bits per heavy atom. The van der Waals surface area contributed by atoms with Crippen molar-refractivity contribution in [3.63, 3.8) is 0 Å².